The molecule has 2 heteroatoms. The summed E-state index contributed by atoms with van der Waals surface area (Å²) >= 11 is 3.50. The highest BCUT2D eigenvalue weighted by atomic mass is 79.9. The van der Waals surface area contributed by atoms with E-state index in [-0.39, 0.29) is 0 Å². The van der Waals surface area contributed by atoms with E-state index in [1.807, 2.05) is 0 Å². The lowest BCUT2D eigenvalue weighted by Crippen LogP contribution is -2.23. The van der Waals surface area contributed by atoms with Crippen LogP contribution in [0, 0.1) is 12.8 Å². The van der Waals surface area contributed by atoms with Gasteiger partial charge in [0.25, 0.3) is 0 Å². The Bertz CT molecular complexity index is 358. The molecule has 1 saturated carbocycles. The smallest absolute Gasteiger partial charge is 0.0372 e. The Kier molecular flexibility index (Phi) is 3.91. The van der Waals surface area contributed by atoms with Gasteiger partial charge in [-0.3, -0.25) is 0 Å². The summed E-state index contributed by atoms with van der Waals surface area (Å²) in [6.45, 7) is 4.45. The number of anilines is 1. The van der Waals surface area contributed by atoms with Gasteiger partial charge in [0.2, 0.25) is 0 Å². The Morgan fingerprint density at radius 2 is 2.19 bits per heavy atom. The predicted octanol–water partition coefficient (Wildman–Crippen LogP) is 4.75. The first-order valence-electron chi connectivity index (χ1n) is 6.18. The molecular formula is C14H20BrN. The van der Waals surface area contributed by atoms with Crippen molar-refractivity contribution in [3.63, 3.8) is 0 Å². The first-order chi connectivity index (χ1) is 7.65. The zero-order valence-corrected chi connectivity index (χ0v) is 11.7. The van der Waals surface area contributed by atoms with Gasteiger partial charge < -0.3 is 5.32 Å². The molecule has 0 amide bonds. The van der Waals surface area contributed by atoms with Gasteiger partial charge in [0.15, 0.2) is 0 Å². The largest absolute Gasteiger partial charge is 0.382 e. The molecular weight excluding hydrogens is 262 g/mol. The summed E-state index contributed by atoms with van der Waals surface area (Å²) < 4.78 is 1.15. The normalized spacial score (nSPS) is 17.9. The molecule has 0 bridgehead atoms. The standard InChI is InChI=1S/C14H20BrN/c1-10-8-13(15)6-7-14(10)16-11(2)9-12-4-3-5-12/h6-8,11-12,16H,3-5,9H2,1-2H3. The fraction of sp³-hybridized carbons (Fsp3) is 0.571. The van der Waals surface area contributed by atoms with Gasteiger partial charge in [0.1, 0.15) is 0 Å². The number of rotatable bonds is 4. The van der Waals surface area contributed by atoms with Crippen molar-refractivity contribution in [2.24, 2.45) is 5.92 Å². The predicted molar refractivity (Wildman–Crippen MR) is 73.9 cm³/mol. The Labute approximate surface area is 107 Å². The first-order valence-corrected chi connectivity index (χ1v) is 6.97. The summed E-state index contributed by atoms with van der Waals surface area (Å²) in [5.41, 5.74) is 2.59. The molecule has 16 heavy (non-hydrogen) atoms. The van der Waals surface area contributed by atoms with Crippen molar-refractivity contribution in [2.75, 3.05) is 5.32 Å². The number of nitrogens with one attached hydrogen (secondary N) is 1. The van der Waals surface area contributed by atoms with E-state index < -0.39 is 0 Å². The highest BCUT2D eigenvalue weighted by Gasteiger charge is 2.19. The molecule has 1 aliphatic carbocycles. The van der Waals surface area contributed by atoms with Crippen molar-refractivity contribution in [1.82, 2.24) is 0 Å². The number of halogens is 1. The number of hydrogen-bond donors (Lipinski definition) is 1. The lowest BCUT2D eigenvalue weighted by atomic mass is 9.81. The Morgan fingerprint density at radius 3 is 2.75 bits per heavy atom. The topological polar surface area (TPSA) is 12.0 Å². The highest BCUT2D eigenvalue weighted by Crippen LogP contribution is 2.31. The SMILES string of the molecule is Cc1cc(Br)ccc1NC(C)CC1CCC1. The maximum absolute atomic E-state index is 3.62. The van der Waals surface area contributed by atoms with E-state index in [1.165, 1.54) is 36.9 Å². The van der Waals surface area contributed by atoms with Crippen LogP contribution in [-0.2, 0) is 0 Å². The molecule has 0 saturated heterocycles. The molecule has 1 aromatic carbocycles. The zero-order chi connectivity index (χ0) is 11.5. The summed E-state index contributed by atoms with van der Waals surface area (Å²) in [6.07, 6.45) is 5.63. The zero-order valence-electron chi connectivity index (χ0n) is 10.1. The molecule has 1 aromatic rings. The van der Waals surface area contributed by atoms with Crippen LogP contribution in [0.2, 0.25) is 0 Å². The molecule has 1 aliphatic rings. The number of hydrogen-bond acceptors (Lipinski definition) is 1. The van der Waals surface area contributed by atoms with Crippen molar-refractivity contribution in [3.05, 3.63) is 28.2 Å². The Balaban J connectivity index is 1.91. The van der Waals surface area contributed by atoms with E-state index in [1.54, 1.807) is 0 Å². The van der Waals surface area contributed by atoms with Crippen molar-refractivity contribution in [2.45, 2.75) is 45.6 Å². The second-order valence-electron chi connectivity index (χ2n) is 5.04. The van der Waals surface area contributed by atoms with Gasteiger partial charge >= 0.3 is 0 Å². The maximum atomic E-state index is 3.62. The third kappa shape index (κ3) is 3.00. The number of benzene rings is 1. The van der Waals surface area contributed by atoms with Crippen molar-refractivity contribution in [1.29, 1.82) is 0 Å². The van der Waals surface area contributed by atoms with Gasteiger partial charge in [0, 0.05) is 16.2 Å². The Morgan fingerprint density at radius 1 is 1.44 bits per heavy atom. The van der Waals surface area contributed by atoms with Crippen LogP contribution in [0.4, 0.5) is 5.69 Å². The molecule has 88 valence electrons. The fourth-order valence-corrected chi connectivity index (χ4v) is 2.82. The van der Waals surface area contributed by atoms with E-state index >= 15 is 0 Å². The van der Waals surface area contributed by atoms with Gasteiger partial charge in [-0.25, -0.2) is 0 Å². The molecule has 1 unspecified atom stereocenters. The molecule has 0 radical (unpaired) electrons. The minimum absolute atomic E-state index is 0.588. The van der Waals surface area contributed by atoms with Crippen molar-refractivity contribution >= 4 is 21.6 Å². The van der Waals surface area contributed by atoms with Crippen molar-refractivity contribution < 1.29 is 0 Å². The summed E-state index contributed by atoms with van der Waals surface area (Å²) in [5.74, 6) is 0.971. The monoisotopic (exact) mass is 281 g/mol. The van der Waals surface area contributed by atoms with Gasteiger partial charge in [-0.05, 0) is 49.9 Å². The van der Waals surface area contributed by atoms with E-state index in [9.17, 15) is 0 Å². The minimum atomic E-state index is 0.588. The van der Waals surface area contributed by atoms with E-state index in [0.717, 1.165) is 10.4 Å². The molecule has 1 nitrogen and oxygen atoms in total. The van der Waals surface area contributed by atoms with Crippen LogP contribution in [0.15, 0.2) is 22.7 Å². The van der Waals surface area contributed by atoms with E-state index in [2.05, 4.69) is 53.3 Å². The van der Waals surface area contributed by atoms with Gasteiger partial charge in [0.05, 0.1) is 0 Å². The van der Waals surface area contributed by atoms with Crippen LogP contribution >= 0.6 is 15.9 Å². The third-order valence-corrected chi connectivity index (χ3v) is 4.00. The van der Waals surface area contributed by atoms with E-state index in [0.29, 0.717) is 6.04 Å². The molecule has 0 heterocycles. The summed E-state index contributed by atoms with van der Waals surface area (Å²) in [7, 11) is 0. The maximum Gasteiger partial charge on any atom is 0.0372 e. The molecule has 2 rings (SSSR count). The van der Waals surface area contributed by atoms with Crippen LogP contribution in [-0.4, -0.2) is 6.04 Å². The fourth-order valence-electron chi connectivity index (χ4n) is 2.34. The van der Waals surface area contributed by atoms with Crippen LogP contribution in [0.5, 0.6) is 0 Å². The molecule has 0 aromatic heterocycles. The molecule has 1 atom stereocenters. The summed E-state index contributed by atoms with van der Waals surface area (Å²) in [5, 5.41) is 3.62. The minimum Gasteiger partial charge on any atom is -0.382 e. The third-order valence-electron chi connectivity index (χ3n) is 3.50. The second kappa shape index (κ2) is 5.22. The van der Waals surface area contributed by atoms with E-state index in [4.69, 9.17) is 0 Å². The molecule has 1 N–H and O–H groups in total. The van der Waals surface area contributed by atoms with Crippen LogP contribution in [0.25, 0.3) is 0 Å². The van der Waals surface area contributed by atoms with Crippen LogP contribution in [0.3, 0.4) is 0 Å². The molecule has 0 aliphatic heterocycles. The van der Waals surface area contributed by atoms with Gasteiger partial charge in [-0.1, -0.05) is 35.2 Å². The highest BCUT2D eigenvalue weighted by molar-refractivity contribution is 9.10. The van der Waals surface area contributed by atoms with Crippen LogP contribution < -0.4 is 5.32 Å². The average molecular weight is 282 g/mol. The molecule has 1 fully saturated rings. The van der Waals surface area contributed by atoms with Gasteiger partial charge in [-0.2, -0.15) is 0 Å². The molecule has 0 spiro atoms. The summed E-state index contributed by atoms with van der Waals surface area (Å²) in [6, 6.07) is 7.02. The Hall–Kier alpha value is -0.500. The second-order valence-corrected chi connectivity index (χ2v) is 5.95. The quantitative estimate of drug-likeness (QED) is 0.840. The first kappa shape index (κ1) is 12.0. The number of aryl methyl sites for hydroxylation is 1. The lowest BCUT2D eigenvalue weighted by Gasteiger charge is -2.29. The van der Waals surface area contributed by atoms with Crippen molar-refractivity contribution in [3.8, 4) is 0 Å². The lowest BCUT2D eigenvalue weighted by molar-refractivity contribution is 0.286. The average Bonchev–Trinajstić information content (AvgIpc) is 2.16. The van der Waals surface area contributed by atoms with Gasteiger partial charge in [-0.15, -0.1) is 0 Å². The summed E-state index contributed by atoms with van der Waals surface area (Å²) in [4.78, 5) is 0. The van der Waals surface area contributed by atoms with Crippen LogP contribution in [0.1, 0.15) is 38.2 Å².